The zero-order valence-electron chi connectivity index (χ0n) is 11.8. The molecule has 0 bridgehead atoms. The second kappa shape index (κ2) is 7.25. The van der Waals surface area contributed by atoms with Crippen molar-refractivity contribution >= 4 is 15.9 Å². The topological polar surface area (TPSA) is 12.5 Å². The summed E-state index contributed by atoms with van der Waals surface area (Å²) in [6.45, 7) is 6.77. The summed E-state index contributed by atoms with van der Waals surface area (Å²) in [6, 6.07) is 0. The number of ether oxygens (including phenoxy) is 1. The van der Waals surface area contributed by atoms with E-state index in [9.17, 15) is 0 Å². The lowest BCUT2D eigenvalue weighted by molar-refractivity contribution is 0.0593. The normalized spacial score (nSPS) is 30.7. The Bertz CT molecular complexity index is 239. The van der Waals surface area contributed by atoms with E-state index in [2.05, 4.69) is 27.8 Å². The third kappa shape index (κ3) is 4.21. The zero-order valence-corrected chi connectivity index (χ0v) is 13.4. The molecule has 1 unspecified atom stereocenters. The maximum Gasteiger partial charge on any atom is 0.0673 e. The summed E-state index contributed by atoms with van der Waals surface area (Å²) in [7, 11) is 0. The molecule has 3 heteroatoms. The average Bonchev–Trinajstić information content (AvgIpc) is 2.71. The van der Waals surface area contributed by atoms with E-state index in [1.807, 2.05) is 0 Å². The maximum absolute atomic E-state index is 5.76. The molecular formula is C15H28BrNO. The number of hydrogen-bond acceptors (Lipinski definition) is 2. The lowest BCUT2D eigenvalue weighted by Crippen LogP contribution is -2.41. The Balaban J connectivity index is 1.94. The number of nitrogens with zero attached hydrogens (tertiary/aromatic N) is 1. The Hall–Kier alpha value is 0.400. The lowest BCUT2D eigenvalue weighted by Gasteiger charge is -2.36. The van der Waals surface area contributed by atoms with Gasteiger partial charge in [-0.25, -0.2) is 0 Å². The van der Waals surface area contributed by atoms with Gasteiger partial charge in [0, 0.05) is 31.6 Å². The Morgan fingerprint density at radius 1 is 1.17 bits per heavy atom. The molecule has 1 atom stereocenters. The third-order valence-corrected chi connectivity index (χ3v) is 5.73. The highest BCUT2D eigenvalue weighted by atomic mass is 79.9. The SMILES string of the molecule is CC1CN(CC2(CBr)CCCCCC2)CCCO1. The first-order valence-corrected chi connectivity index (χ1v) is 8.76. The van der Waals surface area contributed by atoms with Crippen LogP contribution in [0, 0.1) is 5.41 Å². The molecule has 1 saturated heterocycles. The smallest absolute Gasteiger partial charge is 0.0673 e. The highest BCUT2D eigenvalue weighted by Crippen LogP contribution is 2.37. The summed E-state index contributed by atoms with van der Waals surface area (Å²) in [4.78, 5) is 2.66. The molecule has 2 rings (SSSR count). The number of alkyl halides is 1. The van der Waals surface area contributed by atoms with Gasteiger partial charge >= 0.3 is 0 Å². The van der Waals surface area contributed by atoms with Crippen molar-refractivity contribution in [3.8, 4) is 0 Å². The van der Waals surface area contributed by atoms with Gasteiger partial charge in [0.1, 0.15) is 0 Å². The van der Waals surface area contributed by atoms with Crippen LogP contribution in [0.3, 0.4) is 0 Å². The van der Waals surface area contributed by atoms with Crippen LogP contribution in [-0.2, 0) is 4.74 Å². The van der Waals surface area contributed by atoms with Crippen LogP contribution in [0.5, 0.6) is 0 Å². The third-order valence-electron chi connectivity index (χ3n) is 4.54. The predicted molar refractivity (Wildman–Crippen MR) is 80.4 cm³/mol. The summed E-state index contributed by atoms with van der Waals surface area (Å²) in [5.41, 5.74) is 0.528. The second-order valence-corrected chi connectivity index (χ2v) is 6.88. The molecule has 1 saturated carbocycles. The summed E-state index contributed by atoms with van der Waals surface area (Å²) in [6.07, 6.45) is 10.1. The van der Waals surface area contributed by atoms with Crippen LogP contribution < -0.4 is 0 Å². The molecule has 2 nitrogen and oxygen atoms in total. The van der Waals surface area contributed by atoms with Gasteiger partial charge in [0.15, 0.2) is 0 Å². The van der Waals surface area contributed by atoms with Crippen molar-refractivity contribution in [1.82, 2.24) is 4.90 Å². The van der Waals surface area contributed by atoms with E-state index in [4.69, 9.17) is 4.74 Å². The van der Waals surface area contributed by atoms with Gasteiger partial charge in [0.05, 0.1) is 6.10 Å². The van der Waals surface area contributed by atoms with Crippen LogP contribution >= 0.6 is 15.9 Å². The molecule has 0 spiro atoms. The van der Waals surface area contributed by atoms with Crippen molar-refractivity contribution in [2.75, 3.05) is 31.6 Å². The van der Waals surface area contributed by atoms with Crippen LogP contribution in [-0.4, -0.2) is 42.6 Å². The summed E-state index contributed by atoms with van der Waals surface area (Å²) in [5.74, 6) is 0. The van der Waals surface area contributed by atoms with Gasteiger partial charge in [-0.2, -0.15) is 0 Å². The van der Waals surface area contributed by atoms with Crippen molar-refractivity contribution < 1.29 is 4.74 Å². The Labute approximate surface area is 121 Å². The van der Waals surface area contributed by atoms with Crippen molar-refractivity contribution in [3.63, 3.8) is 0 Å². The fourth-order valence-corrected chi connectivity index (χ4v) is 4.25. The molecule has 1 aliphatic heterocycles. The Kier molecular flexibility index (Phi) is 5.96. The fourth-order valence-electron chi connectivity index (χ4n) is 3.51. The molecule has 106 valence electrons. The van der Waals surface area contributed by atoms with Gasteiger partial charge in [0.2, 0.25) is 0 Å². The highest BCUT2D eigenvalue weighted by molar-refractivity contribution is 9.09. The molecule has 0 aromatic heterocycles. The minimum atomic E-state index is 0.408. The molecule has 1 aliphatic carbocycles. The predicted octanol–water partition coefficient (Wildman–Crippen LogP) is 3.83. The van der Waals surface area contributed by atoms with E-state index < -0.39 is 0 Å². The molecule has 0 aromatic rings. The second-order valence-electron chi connectivity index (χ2n) is 6.32. The van der Waals surface area contributed by atoms with Crippen molar-refractivity contribution in [1.29, 1.82) is 0 Å². The van der Waals surface area contributed by atoms with E-state index in [1.54, 1.807) is 0 Å². The van der Waals surface area contributed by atoms with E-state index in [0.29, 0.717) is 11.5 Å². The summed E-state index contributed by atoms with van der Waals surface area (Å²) >= 11 is 3.81. The highest BCUT2D eigenvalue weighted by Gasteiger charge is 2.32. The lowest BCUT2D eigenvalue weighted by atomic mass is 9.82. The molecule has 0 N–H and O–H groups in total. The maximum atomic E-state index is 5.76. The van der Waals surface area contributed by atoms with Crippen molar-refractivity contribution in [2.24, 2.45) is 5.41 Å². The van der Waals surface area contributed by atoms with Gasteiger partial charge in [-0.3, -0.25) is 0 Å². The molecule has 2 aliphatic rings. The number of halogens is 1. The minimum absolute atomic E-state index is 0.408. The first kappa shape index (κ1) is 14.8. The van der Waals surface area contributed by atoms with E-state index in [0.717, 1.165) is 13.2 Å². The van der Waals surface area contributed by atoms with Crippen molar-refractivity contribution in [3.05, 3.63) is 0 Å². The van der Waals surface area contributed by atoms with Crippen LogP contribution in [0.15, 0.2) is 0 Å². The van der Waals surface area contributed by atoms with Gasteiger partial charge in [0.25, 0.3) is 0 Å². The minimum Gasteiger partial charge on any atom is -0.377 e. The van der Waals surface area contributed by atoms with Gasteiger partial charge < -0.3 is 9.64 Å². The number of hydrogen-bond donors (Lipinski definition) is 0. The Morgan fingerprint density at radius 2 is 1.89 bits per heavy atom. The standard InChI is InChI=1S/C15H28BrNO/c1-14-11-17(9-6-10-18-14)13-15(12-16)7-4-2-3-5-8-15/h14H,2-13H2,1H3. The van der Waals surface area contributed by atoms with E-state index in [1.165, 1.54) is 63.4 Å². The molecule has 2 fully saturated rings. The van der Waals surface area contributed by atoms with Crippen molar-refractivity contribution in [2.45, 2.75) is 58.0 Å². The first-order chi connectivity index (χ1) is 8.74. The van der Waals surface area contributed by atoms with Crippen LogP contribution in [0.4, 0.5) is 0 Å². The van der Waals surface area contributed by atoms with Gasteiger partial charge in [-0.05, 0) is 31.6 Å². The average molecular weight is 318 g/mol. The largest absolute Gasteiger partial charge is 0.377 e. The van der Waals surface area contributed by atoms with Crippen LogP contribution in [0.2, 0.25) is 0 Å². The van der Waals surface area contributed by atoms with Crippen LogP contribution in [0.25, 0.3) is 0 Å². The molecule has 1 heterocycles. The quantitative estimate of drug-likeness (QED) is 0.579. The van der Waals surface area contributed by atoms with Gasteiger partial charge in [-0.15, -0.1) is 0 Å². The van der Waals surface area contributed by atoms with E-state index >= 15 is 0 Å². The first-order valence-electron chi connectivity index (χ1n) is 7.64. The number of rotatable bonds is 3. The van der Waals surface area contributed by atoms with Crippen LogP contribution in [0.1, 0.15) is 51.9 Å². The van der Waals surface area contributed by atoms with E-state index in [-0.39, 0.29) is 0 Å². The molecule has 18 heavy (non-hydrogen) atoms. The Morgan fingerprint density at radius 3 is 2.56 bits per heavy atom. The fraction of sp³-hybridized carbons (Fsp3) is 1.00. The monoisotopic (exact) mass is 317 g/mol. The molecule has 0 aromatic carbocycles. The molecule has 0 radical (unpaired) electrons. The van der Waals surface area contributed by atoms with Gasteiger partial charge in [-0.1, -0.05) is 41.6 Å². The molecule has 0 amide bonds. The summed E-state index contributed by atoms with van der Waals surface area (Å²) < 4.78 is 5.76. The molecular weight excluding hydrogens is 290 g/mol. The zero-order chi connectivity index (χ0) is 12.8. The summed E-state index contributed by atoms with van der Waals surface area (Å²) in [5, 5.41) is 1.17.